The van der Waals surface area contributed by atoms with Crippen molar-refractivity contribution in [1.29, 1.82) is 0 Å². The standard InChI is InChI=1S/C54H85NO13/c1-33-17-13-12-14-18-34(2)46(63-9)31-42-22-20-39(7)54(62,68-42)51(59)52(60)55-24-16-15-19-43(55)53(61)67-47(37(5)29-41-21-23-45(66-26-25-56)48(30-41)64-10)32-44(57)36(4)28-38(6)49(58)50(65-11)40(8)35(3)27-33/h12-14,17-18,28,33,35-37,39,41-43,45-50,56,58,62H,8,15-16,19-27,29-32H2,1-7,9-11H3/b14-12+,17-13+,34-18+,38-28+/t33-,35-,36-,37-,39-,41+,42+,43+,45-,46+,47+,48-,49-,50+,54-/m1/s1/i4D3,9D3,20D2,26D2. The average molecular weight is 966 g/mol. The number of nitrogens with zero attached hydrogens (tertiary/aromatic N) is 1. The van der Waals surface area contributed by atoms with Gasteiger partial charge in [-0.3, -0.25) is 14.4 Å². The Hall–Kier alpha value is -3.34. The molecule has 14 heteroatoms. The first-order valence-corrected chi connectivity index (χ1v) is 24.2. The molecule has 4 aliphatic rings. The van der Waals surface area contributed by atoms with Crippen LogP contribution in [-0.4, -0.2) is 139 Å². The van der Waals surface area contributed by atoms with Crippen molar-refractivity contribution >= 4 is 23.4 Å². The van der Waals surface area contributed by atoms with E-state index in [0.717, 1.165) is 4.90 Å². The Morgan fingerprint density at radius 3 is 2.44 bits per heavy atom. The summed E-state index contributed by atoms with van der Waals surface area (Å²) in [5.74, 6) is -12.6. The van der Waals surface area contributed by atoms with Gasteiger partial charge in [0.1, 0.15) is 30.1 Å². The number of rotatable bonds is 9. The van der Waals surface area contributed by atoms with Crippen molar-refractivity contribution in [3.8, 4) is 0 Å². The smallest absolute Gasteiger partial charge is 0.329 e. The van der Waals surface area contributed by atoms with Crippen molar-refractivity contribution in [3.63, 3.8) is 0 Å². The minimum Gasteiger partial charge on any atom is -0.460 e. The molecule has 0 aromatic heterocycles. The number of piperidine rings is 1. The number of methoxy groups -OCH3 is 3. The summed E-state index contributed by atoms with van der Waals surface area (Å²) in [6.45, 7) is 7.76. The molecule has 0 unspecified atom stereocenters. The minimum absolute atomic E-state index is 0.0305. The number of esters is 1. The molecule has 2 saturated heterocycles. The fourth-order valence-corrected chi connectivity index (χ4v) is 9.89. The number of allylic oxidation sites excluding steroid dienone is 6. The van der Waals surface area contributed by atoms with Gasteiger partial charge < -0.3 is 48.6 Å². The van der Waals surface area contributed by atoms with Crippen LogP contribution >= 0.6 is 0 Å². The summed E-state index contributed by atoms with van der Waals surface area (Å²) in [6, 6.07) is -1.47. The molecule has 1 aliphatic carbocycles. The lowest BCUT2D eigenvalue weighted by molar-refractivity contribution is -0.265. The zero-order chi connectivity index (χ0) is 58.9. The predicted molar refractivity (Wildman–Crippen MR) is 260 cm³/mol. The number of fused-ring (bicyclic) bond motifs is 3. The van der Waals surface area contributed by atoms with Crippen molar-refractivity contribution in [2.45, 2.75) is 180 Å². The molecular formula is C54H85NO13. The Balaban J connectivity index is 1.83. The van der Waals surface area contributed by atoms with Crippen LogP contribution in [0.2, 0.25) is 0 Å². The number of hydrogen-bond donors (Lipinski definition) is 3. The topological polar surface area (TPSA) is 188 Å². The van der Waals surface area contributed by atoms with E-state index in [9.17, 15) is 34.5 Å². The maximum atomic E-state index is 14.7. The van der Waals surface area contributed by atoms with Crippen LogP contribution in [0.1, 0.15) is 139 Å². The van der Waals surface area contributed by atoms with E-state index in [1.165, 1.54) is 34.1 Å². The fraction of sp³-hybridized carbons (Fsp3) is 0.741. The molecule has 4 rings (SSSR count). The predicted octanol–water partition coefficient (Wildman–Crippen LogP) is 7.18. The largest absolute Gasteiger partial charge is 0.460 e. The highest BCUT2D eigenvalue weighted by Crippen LogP contribution is 2.38. The highest BCUT2D eigenvalue weighted by molar-refractivity contribution is 6.39. The summed E-state index contributed by atoms with van der Waals surface area (Å²) < 4.78 is 118. The zero-order valence-electron chi connectivity index (χ0n) is 51.3. The second-order valence-corrected chi connectivity index (χ2v) is 19.4. The summed E-state index contributed by atoms with van der Waals surface area (Å²) in [5.41, 5.74) is 1.00. The van der Waals surface area contributed by atoms with E-state index in [0.29, 0.717) is 49.7 Å². The molecule has 68 heavy (non-hydrogen) atoms. The van der Waals surface area contributed by atoms with Crippen LogP contribution in [0, 0.1) is 35.5 Å². The number of ether oxygens (including phenoxy) is 6. The van der Waals surface area contributed by atoms with Gasteiger partial charge >= 0.3 is 5.97 Å². The first kappa shape index (κ1) is 43.4. The molecule has 14 nitrogen and oxygen atoms in total. The van der Waals surface area contributed by atoms with Crippen molar-refractivity contribution in [1.82, 2.24) is 4.90 Å². The fourth-order valence-electron chi connectivity index (χ4n) is 9.89. The number of ketones is 2. The molecular weight excluding hydrogens is 871 g/mol. The van der Waals surface area contributed by atoms with Crippen molar-refractivity contribution in [2.24, 2.45) is 35.5 Å². The minimum atomic E-state index is -3.11. The molecule has 3 N–H and O–H groups in total. The summed E-state index contributed by atoms with van der Waals surface area (Å²) in [5, 5.41) is 33.4. The van der Waals surface area contributed by atoms with E-state index in [1.807, 2.05) is 19.9 Å². The number of aliphatic hydroxyl groups excluding tert-OH is 2. The van der Waals surface area contributed by atoms with E-state index < -0.39 is 142 Å². The van der Waals surface area contributed by atoms with Crippen LogP contribution in [0.5, 0.6) is 0 Å². The van der Waals surface area contributed by atoms with Gasteiger partial charge in [-0.25, -0.2) is 4.79 Å². The van der Waals surface area contributed by atoms with Crippen LogP contribution in [-0.2, 0) is 47.6 Å². The molecule has 0 spiro atoms. The first-order valence-electron chi connectivity index (χ1n) is 29.2. The van der Waals surface area contributed by atoms with Gasteiger partial charge in [0.05, 0.1) is 44.4 Å². The highest BCUT2D eigenvalue weighted by atomic mass is 16.6. The lowest BCUT2D eigenvalue weighted by atomic mass is 9.78. The van der Waals surface area contributed by atoms with Crippen LogP contribution in [0.15, 0.2) is 59.8 Å². The van der Waals surface area contributed by atoms with Crippen LogP contribution < -0.4 is 0 Å². The molecule has 1 amide bonds. The molecule has 3 aliphatic heterocycles. The SMILES string of the molecule is [2H]C([2H])([2H])O[C@H]1C[C@@H]2CC([2H])([2H])[C@@H](C)[C@@](O)(O2)C(=O)C(=O)N2CCCC[C@H]2C(=O)O[C@H]([C@H](C)C[C@@H]2CC[C@@H](OC([2H])([2H])CO)[C@H](OC)C2)CC(=O)[C@H](C([2H])([2H])[2H])/C=C(\C)[C@@H](O)[C@@H](OC)C(=C)[C@H](C)C[C@H](C)/C=C/C=C/C=C/1C. The third-order valence-corrected chi connectivity index (χ3v) is 14.2. The van der Waals surface area contributed by atoms with Crippen molar-refractivity contribution in [2.75, 3.05) is 41.0 Å². The number of aliphatic hydroxyl groups is 3. The van der Waals surface area contributed by atoms with E-state index in [2.05, 4.69) is 6.58 Å². The Morgan fingerprint density at radius 2 is 1.75 bits per heavy atom. The van der Waals surface area contributed by atoms with Crippen LogP contribution in [0.25, 0.3) is 0 Å². The number of hydrogen-bond acceptors (Lipinski definition) is 13. The second-order valence-electron chi connectivity index (χ2n) is 19.4. The number of carbonyl (C=O) groups excluding carboxylic acids is 4. The Labute approximate surface area is 420 Å². The van der Waals surface area contributed by atoms with Gasteiger partial charge in [0.2, 0.25) is 5.79 Å². The van der Waals surface area contributed by atoms with Gasteiger partial charge in [0.25, 0.3) is 11.7 Å². The maximum Gasteiger partial charge on any atom is 0.329 e. The molecule has 3 heterocycles. The average Bonchev–Trinajstić information content (AvgIpc) is 3.36. The van der Waals surface area contributed by atoms with Crippen LogP contribution in [0.4, 0.5) is 0 Å². The Bertz CT molecular complexity index is 2200. The van der Waals surface area contributed by atoms with Gasteiger partial charge in [0.15, 0.2) is 0 Å². The Morgan fingerprint density at radius 1 is 0.985 bits per heavy atom. The molecule has 0 aromatic carbocycles. The monoisotopic (exact) mass is 966 g/mol. The van der Waals surface area contributed by atoms with Crippen molar-refractivity contribution < 1.29 is 76.6 Å². The second kappa shape index (κ2) is 27.3. The molecule has 0 aromatic rings. The Kier molecular flexibility index (Phi) is 17.5. The van der Waals surface area contributed by atoms with E-state index >= 15 is 0 Å². The van der Waals surface area contributed by atoms with Gasteiger partial charge in [-0.1, -0.05) is 77.6 Å². The quantitative estimate of drug-likeness (QED) is 0.120. The molecule has 15 atom stereocenters. The van der Waals surface area contributed by atoms with Gasteiger partial charge in [0, 0.05) is 59.3 Å². The lowest BCUT2D eigenvalue weighted by Crippen LogP contribution is -2.61. The zero-order valence-corrected chi connectivity index (χ0v) is 41.3. The van der Waals surface area contributed by atoms with Gasteiger partial charge in [-0.15, -0.1) is 0 Å². The van der Waals surface area contributed by atoms with Crippen molar-refractivity contribution in [3.05, 3.63) is 59.8 Å². The lowest BCUT2D eigenvalue weighted by Gasteiger charge is -2.42. The number of Topliss-reactive ketones (excluding diaryl/α,β-unsaturated/α-hetero) is 2. The third kappa shape index (κ3) is 15.3. The maximum absolute atomic E-state index is 14.7. The van der Waals surface area contributed by atoms with Gasteiger partial charge in [-0.2, -0.15) is 0 Å². The highest BCUT2D eigenvalue weighted by Gasteiger charge is 2.53. The van der Waals surface area contributed by atoms with E-state index in [1.54, 1.807) is 38.2 Å². The summed E-state index contributed by atoms with van der Waals surface area (Å²) in [4.78, 5) is 59.2. The summed E-state index contributed by atoms with van der Waals surface area (Å²) in [7, 11) is -0.111. The summed E-state index contributed by atoms with van der Waals surface area (Å²) >= 11 is 0. The molecule has 2 bridgehead atoms. The van der Waals surface area contributed by atoms with Gasteiger partial charge in [-0.05, 0) is 118 Å². The third-order valence-electron chi connectivity index (χ3n) is 14.2. The number of amides is 1. The molecule has 3 fully saturated rings. The molecule has 1 saturated carbocycles. The van der Waals surface area contributed by atoms with E-state index in [-0.39, 0.29) is 49.1 Å². The molecule has 0 radical (unpaired) electrons. The van der Waals surface area contributed by atoms with Crippen LogP contribution in [0.3, 0.4) is 0 Å². The van der Waals surface area contributed by atoms with E-state index in [4.69, 9.17) is 42.1 Å². The first-order chi connectivity index (χ1) is 36.1. The number of carbonyl (C=O) groups is 4. The normalized spacial score (nSPS) is 42.7. The number of cyclic esters (lactones) is 1. The molecule has 384 valence electrons. The summed E-state index contributed by atoms with van der Waals surface area (Å²) in [6.07, 6.45) is 0.960.